The fraction of sp³-hybridized carbons (Fsp3) is 1.00. The monoisotopic (exact) mass is 623 g/mol. The molecule has 0 aliphatic rings. The molecule has 0 saturated carbocycles. The molecule has 2 unspecified atom stereocenters. The third-order valence-corrected chi connectivity index (χ3v) is 11.7. The van der Waals surface area contributed by atoms with E-state index in [1.54, 1.807) is 0 Å². The van der Waals surface area contributed by atoms with E-state index < -0.39 is 0 Å². The summed E-state index contributed by atoms with van der Waals surface area (Å²) in [5, 5.41) is 0.509. The normalized spacial score (nSPS) is 12.8. The topological polar surface area (TPSA) is 0 Å². The van der Waals surface area contributed by atoms with Crippen molar-refractivity contribution >= 4 is 9.24 Å². The molecule has 43 heavy (non-hydrogen) atoms. The van der Waals surface area contributed by atoms with Crippen LogP contribution in [0.2, 0.25) is 0 Å². The van der Waals surface area contributed by atoms with Crippen LogP contribution in [0.25, 0.3) is 0 Å². The van der Waals surface area contributed by atoms with Gasteiger partial charge in [0, 0.05) is 0 Å². The lowest BCUT2D eigenvalue weighted by atomic mass is 9.77. The molecule has 0 bridgehead atoms. The zero-order valence-electron chi connectivity index (χ0n) is 31.1. The van der Waals surface area contributed by atoms with Crippen molar-refractivity contribution in [2.75, 3.05) is 0 Å². The molecule has 0 N–H and O–H groups in total. The highest BCUT2D eigenvalue weighted by atomic mass is 31.0. The standard InChI is InChI=1S/C42H87P/c1-5-9-13-17-21-22-23-24-25-26-27-28-30-34-38-41(37-33-29-18-14-10-6-2)42(43,39-35-31-19-15-11-7-3)40-36-32-20-16-12-8-4/h41H,5-40,43H2,1-4H3. The maximum Gasteiger partial charge on any atom is -0.0122 e. The van der Waals surface area contributed by atoms with Gasteiger partial charge in [-0.3, -0.25) is 0 Å². The van der Waals surface area contributed by atoms with Gasteiger partial charge in [0.2, 0.25) is 0 Å². The molecule has 0 heterocycles. The molecule has 0 aromatic heterocycles. The van der Waals surface area contributed by atoms with Crippen LogP contribution in [0.5, 0.6) is 0 Å². The van der Waals surface area contributed by atoms with Crippen LogP contribution < -0.4 is 0 Å². The summed E-state index contributed by atoms with van der Waals surface area (Å²) in [7, 11) is 3.56. The van der Waals surface area contributed by atoms with Gasteiger partial charge in [-0.1, -0.05) is 233 Å². The maximum atomic E-state index is 3.56. The summed E-state index contributed by atoms with van der Waals surface area (Å²) in [6.07, 6.45) is 52.6. The zero-order valence-corrected chi connectivity index (χ0v) is 32.3. The van der Waals surface area contributed by atoms with Crippen LogP contribution in [0.15, 0.2) is 0 Å². The minimum absolute atomic E-state index is 0.509. The van der Waals surface area contributed by atoms with Gasteiger partial charge < -0.3 is 0 Å². The number of hydrogen-bond donors (Lipinski definition) is 0. The Hall–Kier alpha value is 0.430. The number of hydrogen-bond acceptors (Lipinski definition) is 0. The summed E-state index contributed by atoms with van der Waals surface area (Å²) in [4.78, 5) is 0. The summed E-state index contributed by atoms with van der Waals surface area (Å²) in [6.45, 7) is 9.36. The Kier molecular flexibility index (Phi) is 35.6. The summed E-state index contributed by atoms with van der Waals surface area (Å²) in [5.41, 5.74) is 0. The van der Waals surface area contributed by atoms with Crippen molar-refractivity contribution in [3.8, 4) is 0 Å². The highest BCUT2D eigenvalue weighted by Gasteiger charge is 2.32. The van der Waals surface area contributed by atoms with Gasteiger partial charge in [0.15, 0.2) is 0 Å². The molecule has 0 aliphatic heterocycles. The first-order valence-corrected chi connectivity index (χ1v) is 21.5. The van der Waals surface area contributed by atoms with Gasteiger partial charge in [-0.2, -0.15) is 0 Å². The fourth-order valence-electron chi connectivity index (χ4n) is 7.48. The van der Waals surface area contributed by atoms with E-state index in [0.29, 0.717) is 5.16 Å². The van der Waals surface area contributed by atoms with Gasteiger partial charge in [-0.15, -0.1) is 9.24 Å². The lowest BCUT2D eigenvalue weighted by Crippen LogP contribution is -2.32. The van der Waals surface area contributed by atoms with Crippen LogP contribution in [0.4, 0.5) is 0 Å². The largest absolute Gasteiger partial charge is 0.131 e. The summed E-state index contributed by atoms with van der Waals surface area (Å²) < 4.78 is 0. The van der Waals surface area contributed by atoms with E-state index in [9.17, 15) is 0 Å². The summed E-state index contributed by atoms with van der Waals surface area (Å²) in [6, 6.07) is 0. The van der Waals surface area contributed by atoms with E-state index in [-0.39, 0.29) is 0 Å². The molecular formula is C42H87P. The molecule has 0 fully saturated rings. The second-order valence-electron chi connectivity index (χ2n) is 14.9. The molecule has 1 heteroatoms. The summed E-state index contributed by atoms with van der Waals surface area (Å²) >= 11 is 0. The second kappa shape index (κ2) is 35.3. The Morgan fingerprint density at radius 3 is 0.767 bits per heavy atom. The SMILES string of the molecule is CCCCCCCCCCCCCCCCC(CCCCCCCC)C(P)(CCCCCCCC)CCCCCCCC. The Morgan fingerprint density at radius 2 is 0.512 bits per heavy atom. The maximum absolute atomic E-state index is 3.56. The van der Waals surface area contributed by atoms with Crippen LogP contribution in [0.3, 0.4) is 0 Å². The van der Waals surface area contributed by atoms with Crippen LogP contribution in [-0.4, -0.2) is 5.16 Å². The third-order valence-electron chi connectivity index (χ3n) is 10.6. The minimum Gasteiger partial charge on any atom is -0.131 e. The molecule has 0 spiro atoms. The van der Waals surface area contributed by atoms with Crippen molar-refractivity contribution in [1.29, 1.82) is 0 Å². The van der Waals surface area contributed by atoms with Crippen molar-refractivity contribution in [3.05, 3.63) is 0 Å². The van der Waals surface area contributed by atoms with E-state index in [0.717, 1.165) is 5.92 Å². The molecule has 2 atom stereocenters. The van der Waals surface area contributed by atoms with Crippen LogP contribution >= 0.6 is 9.24 Å². The Balaban J connectivity index is 4.67. The van der Waals surface area contributed by atoms with E-state index in [1.165, 1.54) is 231 Å². The van der Waals surface area contributed by atoms with Gasteiger partial charge >= 0.3 is 0 Å². The van der Waals surface area contributed by atoms with Crippen molar-refractivity contribution in [2.24, 2.45) is 5.92 Å². The van der Waals surface area contributed by atoms with Gasteiger partial charge in [0.05, 0.1) is 0 Å². The molecule has 260 valence electrons. The first kappa shape index (κ1) is 43.4. The average molecular weight is 623 g/mol. The molecule has 0 rings (SSSR count). The van der Waals surface area contributed by atoms with Gasteiger partial charge in [-0.05, 0) is 36.8 Å². The molecule has 0 saturated heterocycles. The van der Waals surface area contributed by atoms with Crippen molar-refractivity contribution in [3.63, 3.8) is 0 Å². The van der Waals surface area contributed by atoms with Crippen molar-refractivity contribution in [1.82, 2.24) is 0 Å². The fourth-order valence-corrected chi connectivity index (χ4v) is 8.22. The molecule has 0 nitrogen and oxygen atoms in total. The molecule has 0 aromatic rings. The Labute approximate surface area is 278 Å². The van der Waals surface area contributed by atoms with E-state index in [2.05, 4.69) is 36.9 Å². The van der Waals surface area contributed by atoms with Gasteiger partial charge in [0.25, 0.3) is 0 Å². The van der Waals surface area contributed by atoms with E-state index >= 15 is 0 Å². The van der Waals surface area contributed by atoms with Gasteiger partial charge in [-0.25, -0.2) is 0 Å². The van der Waals surface area contributed by atoms with Crippen LogP contribution in [0, 0.1) is 5.92 Å². The third kappa shape index (κ3) is 29.6. The van der Waals surface area contributed by atoms with Crippen LogP contribution in [-0.2, 0) is 0 Å². The smallest absolute Gasteiger partial charge is 0.0122 e. The molecular weight excluding hydrogens is 535 g/mol. The van der Waals surface area contributed by atoms with E-state index in [4.69, 9.17) is 0 Å². The van der Waals surface area contributed by atoms with Crippen LogP contribution in [0.1, 0.15) is 259 Å². The zero-order chi connectivity index (χ0) is 31.5. The van der Waals surface area contributed by atoms with E-state index in [1.807, 2.05) is 0 Å². The second-order valence-corrected chi connectivity index (χ2v) is 16.1. The first-order chi connectivity index (χ1) is 21.1. The quantitative estimate of drug-likeness (QED) is 0.0477. The molecule has 0 aliphatic carbocycles. The molecule has 0 aromatic carbocycles. The number of rotatable bonds is 37. The van der Waals surface area contributed by atoms with Crippen molar-refractivity contribution in [2.45, 2.75) is 264 Å². The lowest BCUT2D eigenvalue weighted by Gasteiger charge is -2.39. The summed E-state index contributed by atoms with van der Waals surface area (Å²) in [5.74, 6) is 0.937. The Morgan fingerprint density at radius 1 is 0.302 bits per heavy atom. The predicted octanol–water partition coefficient (Wildman–Crippen LogP) is 16.3. The molecule has 0 amide bonds. The molecule has 0 radical (unpaired) electrons. The highest BCUT2D eigenvalue weighted by Crippen LogP contribution is 2.44. The minimum atomic E-state index is 0.509. The lowest BCUT2D eigenvalue weighted by molar-refractivity contribution is 0.269. The predicted molar refractivity (Wildman–Crippen MR) is 205 cm³/mol. The number of unbranched alkanes of at least 4 members (excludes halogenated alkanes) is 28. The van der Waals surface area contributed by atoms with Gasteiger partial charge in [0.1, 0.15) is 0 Å². The first-order valence-electron chi connectivity index (χ1n) is 20.9. The Bertz CT molecular complexity index is 483. The highest BCUT2D eigenvalue weighted by molar-refractivity contribution is 7.19. The van der Waals surface area contributed by atoms with Crippen molar-refractivity contribution < 1.29 is 0 Å². The average Bonchev–Trinajstić information content (AvgIpc) is 3.01.